The van der Waals surface area contributed by atoms with Crippen LogP contribution in [0.4, 0.5) is 4.79 Å². The van der Waals surface area contributed by atoms with Gasteiger partial charge in [0.15, 0.2) is 0 Å². The summed E-state index contributed by atoms with van der Waals surface area (Å²) in [5, 5.41) is 13.9. The summed E-state index contributed by atoms with van der Waals surface area (Å²) in [6, 6.07) is 0. The Bertz CT molecular complexity index is 43.7. The summed E-state index contributed by atoms with van der Waals surface area (Å²) in [6.07, 6.45) is -1.83. The Hall–Kier alpha value is 0.0560. The van der Waals surface area contributed by atoms with Gasteiger partial charge in [0.2, 0.25) is 0 Å². The minimum atomic E-state index is -1.83. The van der Waals surface area contributed by atoms with Crippen LogP contribution in [-0.2, 0) is 20.3 Å². The van der Waals surface area contributed by atoms with Gasteiger partial charge in [0.1, 0.15) is 0 Å². The van der Waals surface area contributed by atoms with Crippen LogP contribution in [0, 0.1) is 0 Å². The molecule has 0 aromatic rings. The Morgan fingerprint density at radius 3 is 1.25 bits per heavy atom. The van der Waals surface area contributed by atoms with Crippen molar-refractivity contribution in [2.45, 2.75) is 0 Å². The van der Waals surface area contributed by atoms with Crippen LogP contribution >= 0.6 is 0 Å². The summed E-state index contributed by atoms with van der Waals surface area (Å²) < 4.78 is 8.28. The van der Waals surface area contributed by atoms with Gasteiger partial charge in [-0.3, -0.25) is 0 Å². The summed E-state index contributed by atoms with van der Waals surface area (Å²) in [7, 11) is 0. The van der Waals surface area contributed by atoms with Gasteiger partial charge < -0.3 is 15.7 Å². The van der Waals surface area contributed by atoms with Crippen LogP contribution in [0.1, 0.15) is 0 Å². The van der Waals surface area contributed by atoms with Gasteiger partial charge in [0.25, 0.3) is 0 Å². The summed E-state index contributed by atoms with van der Waals surface area (Å²) in [5.41, 5.74) is 0. The zero-order valence-electron chi connectivity index (χ0n) is 3.73. The second-order valence-corrected chi connectivity index (χ2v) is 0.283. The molecule has 0 rings (SSSR count). The van der Waals surface area contributed by atoms with E-state index in [0.29, 0.717) is 16.2 Å². The van der Waals surface area contributed by atoms with Crippen LogP contribution in [-0.4, -0.2) is 38.1 Å². The van der Waals surface area contributed by atoms with E-state index in [1.54, 1.807) is 0 Å². The van der Waals surface area contributed by atoms with Gasteiger partial charge >= 0.3 is 26.2 Å². The molecule has 0 bridgehead atoms. The SMILES string of the molecule is O.O=C(O)O.[Ni].[O]=[AlH]. The van der Waals surface area contributed by atoms with E-state index in [1.165, 1.54) is 0 Å². The Kier molecular flexibility index (Phi) is 84.4. The maximum absolute atomic E-state index is 8.56. The van der Waals surface area contributed by atoms with Crippen LogP contribution in [0.5, 0.6) is 0 Å². The summed E-state index contributed by atoms with van der Waals surface area (Å²) in [5.74, 6) is 0. The monoisotopic (exact) mass is 182 g/mol. The fraction of sp³-hybridized carbons (Fsp3) is 0. The first-order valence-corrected chi connectivity index (χ1v) is 1.52. The third-order valence-electron chi connectivity index (χ3n) is 0. The molecule has 0 heterocycles. The molecule has 0 aliphatic carbocycles. The van der Waals surface area contributed by atoms with Crippen LogP contribution < -0.4 is 0 Å². The second-order valence-electron chi connectivity index (χ2n) is 0.283. The molecule has 0 saturated carbocycles. The molecule has 0 aromatic heterocycles. The molecular weight excluding hydrogens is 178 g/mol. The van der Waals surface area contributed by atoms with Gasteiger partial charge in [-0.1, -0.05) is 0 Å². The predicted octanol–water partition coefficient (Wildman–Crippen LogP) is -1.37. The molecule has 0 spiro atoms. The van der Waals surface area contributed by atoms with E-state index in [0.717, 1.165) is 0 Å². The Labute approximate surface area is 63.6 Å². The van der Waals surface area contributed by atoms with Gasteiger partial charge in [0, 0.05) is 16.5 Å². The van der Waals surface area contributed by atoms with Gasteiger partial charge in [0.05, 0.1) is 0 Å². The van der Waals surface area contributed by atoms with Crippen molar-refractivity contribution in [3.63, 3.8) is 0 Å². The van der Waals surface area contributed by atoms with Gasteiger partial charge in [-0.25, -0.2) is 4.79 Å². The van der Waals surface area contributed by atoms with Crippen molar-refractivity contribution in [3.8, 4) is 0 Å². The molecule has 4 N–H and O–H groups in total. The summed E-state index contributed by atoms with van der Waals surface area (Å²) >= 11 is 0.611. The molecule has 52 valence electrons. The third-order valence-corrected chi connectivity index (χ3v) is 0. The van der Waals surface area contributed by atoms with E-state index in [2.05, 4.69) is 0 Å². The first kappa shape index (κ1) is 24.4. The van der Waals surface area contributed by atoms with E-state index in [9.17, 15) is 0 Å². The zero-order valence-corrected chi connectivity index (χ0v) is 6.14. The molecular formula is CH5AlNiO5. The van der Waals surface area contributed by atoms with Gasteiger partial charge in [-0.15, -0.1) is 0 Å². The van der Waals surface area contributed by atoms with Crippen molar-refractivity contribution < 1.29 is 40.8 Å². The van der Waals surface area contributed by atoms with E-state index in [-0.39, 0.29) is 22.0 Å². The number of carboxylic acid groups (broad SMARTS) is 2. The van der Waals surface area contributed by atoms with E-state index in [4.69, 9.17) is 18.8 Å². The zero-order chi connectivity index (χ0) is 5.58. The van der Waals surface area contributed by atoms with Crippen molar-refractivity contribution in [1.29, 1.82) is 0 Å². The van der Waals surface area contributed by atoms with Crippen molar-refractivity contribution in [1.82, 2.24) is 0 Å². The average Bonchev–Trinajstić information content (AvgIpc) is 1.41. The summed E-state index contributed by atoms with van der Waals surface area (Å²) in [6.45, 7) is 0. The molecule has 5 nitrogen and oxygen atoms in total. The van der Waals surface area contributed by atoms with Crippen LogP contribution in [0.25, 0.3) is 0 Å². The molecule has 0 aliphatic heterocycles. The molecule has 0 aliphatic rings. The van der Waals surface area contributed by atoms with Crippen LogP contribution in [0.2, 0.25) is 0 Å². The molecule has 8 heavy (non-hydrogen) atoms. The first-order valence-electron chi connectivity index (χ1n) is 0.940. The quantitative estimate of drug-likeness (QED) is 0.451. The molecule has 0 saturated heterocycles. The van der Waals surface area contributed by atoms with Crippen LogP contribution in [0.15, 0.2) is 0 Å². The van der Waals surface area contributed by atoms with Gasteiger partial charge in [-0.2, -0.15) is 0 Å². The topological polar surface area (TPSA) is 106 Å². The molecule has 0 aromatic carbocycles. The second kappa shape index (κ2) is 27.7. The molecule has 7 heteroatoms. The van der Waals surface area contributed by atoms with E-state index in [1.807, 2.05) is 0 Å². The van der Waals surface area contributed by atoms with Crippen molar-refractivity contribution in [3.05, 3.63) is 0 Å². The number of rotatable bonds is 0. The molecule has 0 radical (unpaired) electrons. The van der Waals surface area contributed by atoms with Gasteiger partial charge in [-0.05, 0) is 0 Å². The van der Waals surface area contributed by atoms with Crippen LogP contribution in [0.3, 0.4) is 0 Å². The normalized spacial score (nSPS) is 3.38. The molecule has 0 atom stereocenters. The maximum atomic E-state index is 8.56. The first-order chi connectivity index (χ1) is 2.73. The third kappa shape index (κ3) is 49400. The number of carbonyl (C=O) groups is 1. The predicted molar refractivity (Wildman–Crippen MR) is 22.1 cm³/mol. The molecule has 0 amide bonds. The number of hydrogen-bond donors (Lipinski definition) is 2. The average molecular weight is 183 g/mol. The molecule has 0 fully saturated rings. The van der Waals surface area contributed by atoms with Crippen molar-refractivity contribution >= 4 is 22.4 Å². The molecule has 0 unspecified atom stereocenters. The Morgan fingerprint density at radius 2 is 1.25 bits per heavy atom. The van der Waals surface area contributed by atoms with Crippen molar-refractivity contribution in [2.24, 2.45) is 0 Å². The fourth-order valence-electron chi connectivity index (χ4n) is 0. The Balaban J connectivity index is -0.0000000183. The van der Waals surface area contributed by atoms with Crippen molar-refractivity contribution in [2.75, 3.05) is 0 Å². The minimum absolute atomic E-state index is 0. The van der Waals surface area contributed by atoms with E-state index < -0.39 is 6.16 Å². The number of hydrogen-bond acceptors (Lipinski definition) is 2. The summed E-state index contributed by atoms with van der Waals surface area (Å²) in [4.78, 5) is 8.56. The van der Waals surface area contributed by atoms with E-state index >= 15 is 0 Å². The standard InChI is InChI=1S/CH2O3.Al.Ni.H2O.O.H/c2-1(3)4;;;;;/h(H2,2,3,4);;;1H2;;. The fourth-order valence-corrected chi connectivity index (χ4v) is 0. The Morgan fingerprint density at radius 1 is 1.25 bits per heavy atom.